The van der Waals surface area contributed by atoms with Crippen LogP contribution in [0, 0.1) is 13.8 Å². The molecule has 0 atom stereocenters. The maximum atomic E-state index is 12.4. The molecule has 7 heteroatoms. The minimum Gasteiger partial charge on any atom is -0.274 e. The summed E-state index contributed by atoms with van der Waals surface area (Å²) in [6.45, 7) is 4.28. The van der Waals surface area contributed by atoms with Gasteiger partial charge in [-0.25, -0.2) is 0 Å². The van der Waals surface area contributed by atoms with Gasteiger partial charge >= 0.3 is 0 Å². The topological polar surface area (TPSA) is 68.1 Å². The van der Waals surface area contributed by atoms with E-state index in [1.54, 1.807) is 24.3 Å². The number of fused-ring (bicyclic) bond motifs is 1. The minimum atomic E-state index is -0.229. The lowest BCUT2D eigenvalue weighted by molar-refractivity contribution is 0.0664. The Hall–Kier alpha value is -2.93. The van der Waals surface area contributed by atoms with Gasteiger partial charge in [-0.2, -0.15) is 0 Å². The van der Waals surface area contributed by atoms with Gasteiger partial charge in [0.05, 0.1) is 11.1 Å². The second-order valence-corrected chi connectivity index (χ2v) is 7.42. The van der Waals surface area contributed by atoms with Crippen LogP contribution in [0.25, 0.3) is 5.69 Å². The van der Waals surface area contributed by atoms with Gasteiger partial charge in [0.15, 0.2) is 5.16 Å². The van der Waals surface area contributed by atoms with Crippen LogP contribution >= 0.6 is 11.8 Å². The van der Waals surface area contributed by atoms with Crippen molar-refractivity contribution < 1.29 is 9.59 Å². The van der Waals surface area contributed by atoms with Crippen molar-refractivity contribution in [3.05, 3.63) is 71.0 Å². The molecule has 2 aromatic carbocycles. The van der Waals surface area contributed by atoms with E-state index >= 15 is 0 Å². The molecular formula is C20H18N4O2S. The molecule has 0 bridgehead atoms. The van der Waals surface area contributed by atoms with Crippen LogP contribution in [0.15, 0.2) is 53.7 Å². The number of carbonyl (C=O) groups excluding carboxylic acids is 2. The highest BCUT2D eigenvalue weighted by molar-refractivity contribution is 7.99. The fourth-order valence-electron chi connectivity index (χ4n) is 3.10. The molecule has 136 valence electrons. The van der Waals surface area contributed by atoms with Crippen LogP contribution < -0.4 is 0 Å². The Morgan fingerprint density at radius 2 is 1.52 bits per heavy atom. The molecule has 1 aromatic heterocycles. The summed E-state index contributed by atoms with van der Waals surface area (Å²) in [5.74, 6) is 0.886. The Bertz CT molecular complexity index is 992. The Kier molecular flexibility index (Phi) is 4.53. The predicted octanol–water partition coefficient (Wildman–Crippen LogP) is 3.27. The summed E-state index contributed by atoms with van der Waals surface area (Å²) in [6, 6.07) is 15.1. The molecule has 4 rings (SSSR count). The zero-order valence-corrected chi connectivity index (χ0v) is 15.9. The standard InChI is InChI=1S/C20H18N4O2S/c1-13-7-9-15(10-8-13)24-14(2)21-22-20(24)27-12-11-23-18(25)16-5-3-4-6-17(16)19(23)26/h3-10H,11-12H2,1-2H3. The quantitative estimate of drug-likeness (QED) is 0.503. The number of amides is 2. The van der Waals surface area contributed by atoms with Gasteiger partial charge in [0.2, 0.25) is 0 Å². The summed E-state index contributed by atoms with van der Waals surface area (Å²) >= 11 is 1.48. The first kappa shape index (κ1) is 17.5. The van der Waals surface area contributed by atoms with Crippen molar-refractivity contribution in [2.75, 3.05) is 12.3 Å². The molecule has 2 heterocycles. The Morgan fingerprint density at radius 3 is 2.15 bits per heavy atom. The number of aryl methyl sites for hydroxylation is 2. The first-order chi connectivity index (χ1) is 13.1. The van der Waals surface area contributed by atoms with Crippen molar-refractivity contribution in [3.63, 3.8) is 0 Å². The van der Waals surface area contributed by atoms with Crippen LogP contribution in [0.5, 0.6) is 0 Å². The number of nitrogens with zero attached hydrogens (tertiary/aromatic N) is 4. The van der Waals surface area contributed by atoms with Gasteiger partial charge in [-0.3, -0.25) is 19.1 Å². The molecule has 3 aromatic rings. The molecular weight excluding hydrogens is 360 g/mol. The summed E-state index contributed by atoms with van der Waals surface area (Å²) < 4.78 is 1.98. The number of aromatic nitrogens is 3. The van der Waals surface area contributed by atoms with Crippen molar-refractivity contribution in [2.24, 2.45) is 0 Å². The number of hydrogen-bond acceptors (Lipinski definition) is 5. The highest BCUT2D eigenvalue weighted by Crippen LogP contribution is 2.25. The van der Waals surface area contributed by atoms with Gasteiger partial charge in [0, 0.05) is 18.0 Å². The summed E-state index contributed by atoms with van der Waals surface area (Å²) in [6.07, 6.45) is 0. The van der Waals surface area contributed by atoms with E-state index in [9.17, 15) is 9.59 Å². The number of rotatable bonds is 5. The van der Waals surface area contributed by atoms with Crippen molar-refractivity contribution in [1.82, 2.24) is 19.7 Å². The van der Waals surface area contributed by atoms with Crippen LogP contribution in [0.4, 0.5) is 0 Å². The predicted molar refractivity (Wildman–Crippen MR) is 103 cm³/mol. The summed E-state index contributed by atoms with van der Waals surface area (Å²) in [5.41, 5.74) is 3.13. The van der Waals surface area contributed by atoms with E-state index in [4.69, 9.17) is 0 Å². The molecule has 1 aliphatic rings. The SMILES string of the molecule is Cc1ccc(-n2c(C)nnc2SCCN2C(=O)c3ccccc3C2=O)cc1. The Balaban J connectivity index is 1.47. The summed E-state index contributed by atoms with van der Waals surface area (Å²) in [5, 5.41) is 9.16. The van der Waals surface area contributed by atoms with Crippen molar-refractivity contribution in [3.8, 4) is 5.69 Å². The molecule has 6 nitrogen and oxygen atoms in total. The van der Waals surface area contributed by atoms with E-state index in [1.165, 1.54) is 22.2 Å². The fourth-order valence-corrected chi connectivity index (χ4v) is 4.02. The van der Waals surface area contributed by atoms with Gasteiger partial charge in [-0.05, 0) is 38.1 Å². The average molecular weight is 378 g/mol. The second-order valence-electron chi connectivity index (χ2n) is 6.36. The Labute approximate surface area is 161 Å². The molecule has 0 aliphatic carbocycles. The first-order valence-corrected chi connectivity index (χ1v) is 9.62. The minimum absolute atomic E-state index is 0.229. The maximum Gasteiger partial charge on any atom is 0.261 e. The van der Waals surface area contributed by atoms with Gasteiger partial charge in [-0.1, -0.05) is 41.6 Å². The lowest BCUT2D eigenvalue weighted by atomic mass is 10.1. The van der Waals surface area contributed by atoms with E-state index < -0.39 is 0 Å². The number of benzene rings is 2. The van der Waals surface area contributed by atoms with E-state index in [-0.39, 0.29) is 11.8 Å². The number of imide groups is 1. The van der Waals surface area contributed by atoms with Crippen LogP contribution in [0.2, 0.25) is 0 Å². The molecule has 27 heavy (non-hydrogen) atoms. The van der Waals surface area contributed by atoms with Crippen molar-refractivity contribution >= 4 is 23.6 Å². The molecule has 2 amide bonds. The van der Waals surface area contributed by atoms with Gasteiger partial charge in [0.25, 0.3) is 11.8 Å². The lowest BCUT2D eigenvalue weighted by Gasteiger charge is -2.13. The number of thioether (sulfide) groups is 1. The molecule has 0 unspecified atom stereocenters. The van der Waals surface area contributed by atoms with Gasteiger partial charge in [0.1, 0.15) is 5.82 Å². The van der Waals surface area contributed by atoms with Crippen molar-refractivity contribution in [1.29, 1.82) is 0 Å². The number of hydrogen-bond donors (Lipinski definition) is 0. The lowest BCUT2D eigenvalue weighted by Crippen LogP contribution is -2.31. The zero-order valence-electron chi connectivity index (χ0n) is 15.0. The molecule has 0 radical (unpaired) electrons. The van der Waals surface area contributed by atoms with E-state index in [1.807, 2.05) is 42.7 Å². The van der Waals surface area contributed by atoms with Gasteiger partial charge < -0.3 is 0 Å². The molecule has 0 N–H and O–H groups in total. The maximum absolute atomic E-state index is 12.4. The normalized spacial score (nSPS) is 13.3. The van der Waals surface area contributed by atoms with Crippen LogP contribution in [0.1, 0.15) is 32.1 Å². The van der Waals surface area contributed by atoms with Crippen molar-refractivity contribution in [2.45, 2.75) is 19.0 Å². The third-order valence-corrected chi connectivity index (χ3v) is 5.42. The second kappa shape index (κ2) is 7.00. The molecule has 0 saturated heterocycles. The fraction of sp³-hybridized carbons (Fsp3) is 0.200. The van der Waals surface area contributed by atoms with Crippen LogP contribution in [-0.4, -0.2) is 43.8 Å². The zero-order chi connectivity index (χ0) is 19.0. The van der Waals surface area contributed by atoms with E-state index in [2.05, 4.69) is 10.2 Å². The van der Waals surface area contributed by atoms with E-state index in [0.717, 1.165) is 16.7 Å². The summed E-state index contributed by atoms with van der Waals surface area (Å²) in [7, 11) is 0. The average Bonchev–Trinajstić information content (AvgIpc) is 3.16. The highest BCUT2D eigenvalue weighted by Gasteiger charge is 2.34. The summed E-state index contributed by atoms with van der Waals surface area (Å²) in [4.78, 5) is 26.2. The number of carbonyl (C=O) groups is 2. The first-order valence-electron chi connectivity index (χ1n) is 8.63. The third-order valence-electron chi connectivity index (χ3n) is 4.51. The Morgan fingerprint density at radius 1 is 0.889 bits per heavy atom. The highest BCUT2D eigenvalue weighted by atomic mass is 32.2. The monoisotopic (exact) mass is 378 g/mol. The molecule has 0 saturated carbocycles. The van der Waals surface area contributed by atoms with Crippen LogP contribution in [0.3, 0.4) is 0 Å². The smallest absolute Gasteiger partial charge is 0.261 e. The molecule has 0 fully saturated rings. The molecule has 0 spiro atoms. The molecule has 1 aliphatic heterocycles. The third kappa shape index (κ3) is 3.14. The van der Waals surface area contributed by atoms with Gasteiger partial charge in [-0.15, -0.1) is 10.2 Å². The van der Waals surface area contributed by atoms with Crippen LogP contribution in [-0.2, 0) is 0 Å². The van der Waals surface area contributed by atoms with E-state index in [0.29, 0.717) is 23.4 Å². The largest absolute Gasteiger partial charge is 0.274 e.